The van der Waals surface area contributed by atoms with Crippen LogP contribution in [0.2, 0.25) is 0 Å². The molecule has 0 saturated heterocycles. The number of H-pyrrole nitrogens is 1. The second kappa shape index (κ2) is 3.58. The van der Waals surface area contributed by atoms with Crippen LogP contribution in [0.25, 0.3) is 11.5 Å². The van der Waals surface area contributed by atoms with Gasteiger partial charge in [-0.15, -0.1) is 11.3 Å². The minimum Gasteiger partial charge on any atom is -0.305 e. The van der Waals surface area contributed by atoms with E-state index < -0.39 is 0 Å². The molecule has 2 heterocycles. The van der Waals surface area contributed by atoms with Gasteiger partial charge in [-0.2, -0.15) is 0 Å². The monoisotopic (exact) mass is 221 g/mol. The van der Waals surface area contributed by atoms with Gasteiger partial charge in [0.05, 0.1) is 5.01 Å². The summed E-state index contributed by atoms with van der Waals surface area (Å²) in [5, 5.41) is 2.86. The second-order valence-electron chi connectivity index (χ2n) is 3.38. The van der Waals surface area contributed by atoms with Crippen LogP contribution in [0.4, 0.5) is 0 Å². The first-order chi connectivity index (χ1) is 7.08. The zero-order valence-corrected chi connectivity index (χ0v) is 9.60. The van der Waals surface area contributed by atoms with Crippen molar-refractivity contribution in [2.75, 3.05) is 0 Å². The molecular weight excluding hydrogens is 210 g/mol. The summed E-state index contributed by atoms with van der Waals surface area (Å²) >= 11 is 1.54. The smallest absolute Gasteiger partial charge is 0.254 e. The Morgan fingerprint density at radius 1 is 1.27 bits per heavy atom. The lowest BCUT2D eigenvalue weighted by atomic mass is 10.2. The van der Waals surface area contributed by atoms with Crippen molar-refractivity contribution in [1.29, 1.82) is 0 Å². The number of rotatable bonds is 1. The Balaban J connectivity index is 2.60. The van der Waals surface area contributed by atoms with Gasteiger partial charge in [0.25, 0.3) is 5.56 Å². The van der Waals surface area contributed by atoms with Gasteiger partial charge < -0.3 is 4.98 Å². The van der Waals surface area contributed by atoms with Gasteiger partial charge in [0.1, 0.15) is 5.69 Å². The summed E-state index contributed by atoms with van der Waals surface area (Å²) in [6.45, 7) is 5.51. The van der Waals surface area contributed by atoms with Gasteiger partial charge >= 0.3 is 0 Å². The normalized spacial score (nSPS) is 10.6. The fourth-order valence-corrected chi connectivity index (χ4v) is 1.84. The van der Waals surface area contributed by atoms with Crippen molar-refractivity contribution in [3.05, 3.63) is 32.0 Å². The molecule has 2 aromatic rings. The Morgan fingerprint density at radius 2 is 2.00 bits per heavy atom. The van der Waals surface area contributed by atoms with Crippen LogP contribution < -0.4 is 5.56 Å². The predicted molar refractivity (Wildman–Crippen MR) is 60.2 cm³/mol. The molecule has 5 heteroatoms. The van der Waals surface area contributed by atoms with Crippen LogP contribution in [-0.2, 0) is 0 Å². The summed E-state index contributed by atoms with van der Waals surface area (Å²) < 4.78 is 0. The molecule has 2 aromatic heterocycles. The largest absolute Gasteiger partial charge is 0.305 e. The molecule has 0 amide bonds. The van der Waals surface area contributed by atoms with Crippen LogP contribution in [0.5, 0.6) is 0 Å². The van der Waals surface area contributed by atoms with Gasteiger partial charge in [0.2, 0.25) is 0 Å². The van der Waals surface area contributed by atoms with Crippen LogP contribution in [-0.4, -0.2) is 15.0 Å². The molecule has 0 saturated carbocycles. The Labute approximate surface area is 91.0 Å². The van der Waals surface area contributed by atoms with E-state index in [0.29, 0.717) is 11.4 Å². The van der Waals surface area contributed by atoms with Gasteiger partial charge in [-0.05, 0) is 20.8 Å². The molecule has 15 heavy (non-hydrogen) atoms. The highest BCUT2D eigenvalue weighted by Crippen LogP contribution is 2.17. The number of thiazole rings is 1. The van der Waals surface area contributed by atoms with Crippen LogP contribution >= 0.6 is 11.3 Å². The van der Waals surface area contributed by atoms with Gasteiger partial charge in [-0.25, -0.2) is 9.97 Å². The molecule has 4 nitrogen and oxygen atoms in total. The topological polar surface area (TPSA) is 58.6 Å². The van der Waals surface area contributed by atoms with Crippen LogP contribution in [0.3, 0.4) is 0 Å². The summed E-state index contributed by atoms with van der Waals surface area (Å²) in [6, 6.07) is 0. The zero-order chi connectivity index (χ0) is 11.0. The van der Waals surface area contributed by atoms with Crippen molar-refractivity contribution < 1.29 is 0 Å². The molecule has 0 aliphatic rings. The standard InChI is InChI=1S/C10H11N3OS/c1-5-6(2)11-9(13-10(5)14)8-4-15-7(3)12-8/h4H,1-3H3,(H,11,13,14). The van der Waals surface area contributed by atoms with E-state index in [1.807, 2.05) is 19.2 Å². The summed E-state index contributed by atoms with van der Waals surface area (Å²) in [6.07, 6.45) is 0. The highest BCUT2D eigenvalue weighted by molar-refractivity contribution is 7.09. The van der Waals surface area contributed by atoms with E-state index in [2.05, 4.69) is 15.0 Å². The van der Waals surface area contributed by atoms with Crippen LogP contribution in [0.15, 0.2) is 10.2 Å². The molecule has 1 N–H and O–H groups in total. The Morgan fingerprint density at radius 3 is 2.53 bits per heavy atom. The molecule has 0 fully saturated rings. The van der Waals surface area contributed by atoms with Crippen LogP contribution in [0, 0.1) is 20.8 Å². The molecule has 0 unspecified atom stereocenters. The second-order valence-corrected chi connectivity index (χ2v) is 4.44. The molecule has 0 bridgehead atoms. The highest BCUT2D eigenvalue weighted by atomic mass is 32.1. The number of aryl methyl sites for hydroxylation is 2. The number of nitrogens with zero attached hydrogens (tertiary/aromatic N) is 2. The molecule has 0 aliphatic heterocycles. The molecule has 0 spiro atoms. The maximum Gasteiger partial charge on any atom is 0.254 e. The quantitative estimate of drug-likeness (QED) is 0.799. The van der Waals surface area contributed by atoms with E-state index >= 15 is 0 Å². The van der Waals surface area contributed by atoms with E-state index in [4.69, 9.17) is 0 Å². The molecule has 78 valence electrons. The van der Waals surface area contributed by atoms with Crippen molar-refractivity contribution in [2.45, 2.75) is 20.8 Å². The van der Waals surface area contributed by atoms with Gasteiger partial charge in [-0.3, -0.25) is 4.79 Å². The van der Waals surface area contributed by atoms with Crippen molar-refractivity contribution in [3.8, 4) is 11.5 Å². The van der Waals surface area contributed by atoms with E-state index in [1.54, 1.807) is 18.3 Å². The van der Waals surface area contributed by atoms with E-state index in [1.165, 1.54) is 0 Å². The Kier molecular flexibility index (Phi) is 2.40. The fraction of sp³-hybridized carbons (Fsp3) is 0.300. The van der Waals surface area contributed by atoms with Gasteiger partial charge in [0, 0.05) is 16.6 Å². The predicted octanol–water partition coefficient (Wildman–Crippen LogP) is 1.82. The molecule has 0 radical (unpaired) electrons. The van der Waals surface area contributed by atoms with Gasteiger partial charge in [0.15, 0.2) is 5.82 Å². The first-order valence-electron chi connectivity index (χ1n) is 4.58. The van der Waals surface area contributed by atoms with Crippen molar-refractivity contribution in [1.82, 2.24) is 15.0 Å². The SMILES string of the molecule is Cc1nc(-c2nc(C)c(C)c(=O)[nH]2)cs1. The minimum atomic E-state index is -0.0943. The highest BCUT2D eigenvalue weighted by Gasteiger charge is 2.07. The summed E-state index contributed by atoms with van der Waals surface area (Å²) in [5.41, 5.74) is 2.05. The van der Waals surface area contributed by atoms with Crippen molar-refractivity contribution in [3.63, 3.8) is 0 Å². The first-order valence-corrected chi connectivity index (χ1v) is 5.46. The average Bonchev–Trinajstić information content (AvgIpc) is 2.60. The van der Waals surface area contributed by atoms with Crippen LogP contribution in [0.1, 0.15) is 16.3 Å². The van der Waals surface area contributed by atoms with Crippen molar-refractivity contribution in [2.24, 2.45) is 0 Å². The number of hydrogen-bond donors (Lipinski definition) is 1. The fourth-order valence-electron chi connectivity index (χ4n) is 1.24. The van der Waals surface area contributed by atoms with Gasteiger partial charge in [-0.1, -0.05) is 0 Å². The maximum absolute atomic E-state index is 11.5. The minimum absolute atomic E-state index is 0.0943. The first kappa shape index (κ1) is 10.0. The summed E-state index contributed by atoms with van der Waals surface area (Å²) in [5.74, 6) is 0.549. The zero-order valence-electron chi connectivity index (χ0n) is 8.79. The molecular formula is C10H11N3OS. The molecule has 0 aromatic carbocycles. The van der Waals surface area contributed by atoms with E-state index in [0.717, 1.165) is 16.4 Å². The third-order valence-corrected chi connectivity index (χ3v) is 3.03. The third-order valence-electron chi connectivity index (χ3n) is 2.26. The Hall–Kier alpha value is -1.49. The lowest BCUT2D eigenvalue weighted by Crippen LogP contribution is -2.14. The van der Waals surface area contributed by atoms with Crippen molar-refractivity contribution >= 4 is 11.3 Å². The lowest BCUT2D eigenvalue weighted by Gasteiger charge is -2.00. The molecule has 2 rings (SSSR count). The number of hydrogen-bond acceptors (Lipinski definition) is 4. The summed E-state index contributed by atoms with van der Waals surface area (Å²) in [4.78, 5) is 22.8. The Bertz CT molecular complexity index is 556. The number of aromatic nitrogens is 3. The third kappa shape index (κ3) is 1.83. The number of aromatic amines is 1. The summed E-state index contributed by atoms with van der Waals surface area (Å²) in [7, 11) is 0. The van der Waals surface area contributed by atoms with E-state index in [9.17, 15) is 4.79 Å². The number of nitrogens with one attached hydrogen (secondary N) is 1. The maximum atomic E-state index is 11.5. The molecule has 0 aliphatic carbocycles. The lowest BCUT2D eigenvalue weighted by molar-refractivity contribution is 1.02. The van der Waals surface area contributed by atoms with E-state index in [-0.39, 0.29) is 5.56 Å². The average molecular weight is 221 g/mol. The molecule has 0 atom stereocenters.